The molecule has 1 aromatic heterocycles. The molecular formula is C10H3F5IN3O. The van der Waals surface area contributed by atoms with Gasteiger partial charge in [0.2, 0.25) is 5.82 Å². The van der Waals surface area contributed by atoms with Gasteiger partial charge in [-0.1, -0.05) is 0 Å². The maximum Gasteiger partial charge on any atom is 0.266 e. The summed E-state index contributed by atoms with van der Waals surface area (Å²) in [5.41, 5.74) is -1.91. The molecule has 0 fully saturated rings. The van der Waals surface area contributed by atoms with Crippen LogP contribution in [0.15, 0.2) is 11.1 Å². The van der Waals surface area contributed by atoms with Crippen molar-refractivity contribution in [2.45, 2.75) is 0 Å². The number of benzene rings is 1. The highest BCUT2D eigenvalue weighted by Crippen LogP contribution is 2.29. The molecule has 0 amide bonds. The Bertz CT molecular complexity index is 719. The number of anilines is 2. The number of aromatic amines is 1. The molecule has 0 saturated carbocycles. The molecule has 2 N–H and O–H groups in total. The quantitative estimate of drug-likeness (QED) is 0.351. The predicted octanol–water partition coefficient (Wildman–Crippen LogP) is 2.81. The monoisotopic (exact) mass is 403 g/mol. The molecule has 4 nitrogen and oxygen atoms in total. The van der Waals surface area contributed by atoms with E-state index in [0.717, 1.165) is 6.33 Å². The van der Waals surface area contributed by atoms with Crippen LogP contribution in [0.5, 0.6) is 0 Å². The summed E-state index contributed by atoms with van der Waals surface area (Å²) in [4.78, 5) is 17.0. The normalized spacial score (nSPS) is 10.7. The molecule has 106 valence electrons. The molecule has 20 heavy (non-hydrogen) atoms. The minimum atomic E-state index is -2.26. The molecule has 0 spiro atoms. The van der Waals surface area contributed by atoms with Gasteiger partial charge in [0.25, 0.3) is 5.56 Å². The lowest BCUT2D eigenvalue weighted by Crippen LogP contribution is -2.15. The van der Waals surface area contributed by atoms with Crippen molar-refractivity contribution >= 4 is 34.1 Å². The van der Waals surface area contributed by atoms with E-state index in [1.807, 2.05) is 5.32 Å². The summed E-state index contributed by atoms with van der Waals surface area (Å²) in [6, 6.07) is 0. The number of halogens is 6. The van der Waals surface area contributed by atoms with Crippen molar-refractivity contribution in [2.75, 3.05) is 5.32 Å². The smallest absolute Gasteiger partial charge is 0.266 e. The van der Waals surface area contributed by atoms with Crippen LogP contribution in [-0.2, 0) is 0 Å². The third-order valence-electron chi connectivity index (χ3n) is 2.25. The van der Waals surface area contributed by atoms with Crippen LogP contribution in [-0.4, -0.2) is 9.97 Å². The van der Waals surface area contributed by atoms with Crippen molar-refractivity contribution in [1.29, 1.82) is 0 Å². The lowest BCUT2D eigenvalue weighted by molar-refractivity contribution is 0.382. The Morgan fingerprint density at radius 1 is 1.00 bits per heavy atom. The fourth-order valence-corrected chi connectivity index (χ4v) is 1.73. The molecule has 10 heteroatoms. The summed E-state index contributed by atoms with van der Waals surface area (Å²) in [6.07, 6.45) is 0.916. The summed E-state index contributed by atoms with van der Waals surface area (Å²) < 4.78 is 65.6. The van der Waals surface area contributed by atoms with Gasteiger partial charge in [-0.05, 0) is 22.6 Å². The van der Waals surface area contributed by atoms with Crippen LogP contribution in [0.4, 0.5) is 33.5 Å². The van der Waals surface area contributed by atoms with Gasteiger partial charge in [0.05, 0.1) is 6.33 Å². The van der Waals surface area contributed by atoms with Gasteiger partial charge in [-0.3, -0.25) is 4.79 Å². The van der Waals surface area contributed by atoms with Gasteiger partial charge in [0.1, 0.15) is 9.26 Å². The predicted molar refractivity (Wildman–Crippen MR) is 67.1 cm³/mol. The average molecular weight is 403 g/mol. The second kappa shape index (κ2) is 5.34. The maximum absolute atomic E-state index is 13.4. The highest BCUT2D eigenvalue weighted by atomic mass is 127. The lowest BCUT2D eigenvalue weighted by atomic mass is 10.2. The van der Waals surface area contributed by atoms with Crippen molar-refractivity contribution in [3.63, 3.8) is 0 Å². The Hall–Kier alpha value is -1.72. The van der Waals surface area contributed by atoms with Crippen molar-refractivity contribution in [3.05, 3.63) is 49.3 Å². The Balaban J connectivity index is 2.60. The average Bonchev–Trinajstić information content (AvgIpc) is 2.43. The first-order valence-corrected chi connectivity index (χ1v) is 5.94. The fourth-order valence-electron chi connectivity index (χ4n) is 1.30. The zero-order chi connectivity index (χ0) is 15.0. The van der Waals surface area contributed by atoms with Gasteiger partial charge in [0, 0.05) is 0 Å². The van der Waals surface area contributed by atoms with E-state index in [9.17, 15) is 26.7 Å². The van der Waals surface area contributed by atoms with E-state index in [2.05, 4.69) is 9.97 Å². The van der Waals surface area contributed by atoms with E-state index in [-0.39, 0.29) is 9.39 Å². The first-order chi connectivity index (χ1) is 9.34. The molecule has 0 aliphatic heterocycles. The second-order valence-corrected chi connectivity index (χ2v) is 4.54. The highest BCUT2D eigenvalue weighted by Gasteiger charge is 2.26. The molecule has 0 atom stereocenters. The van der Waals surface area contributed by atoms with Crippen molar-refractivity contribution < 1.29 is 22.0 Å². The number of nitrogens with one attached hydrogen (secondary N) is 2. The lowest BCUT2D eigenvalue weighted by Gasteiger charge is -2.10. The molecule has 0 aliphatic rings. The van der Waals surface area contributed by atoms with Crippen LogP contribution in [0.25, 0.3) is 0 Å². The molecule has 0 unspecified atom stereocenters. The van der Waals surface area contributed by atoms with Gasteiger partial charge in [-0.2, -0.15) is 0 Å². The van der Waals surface area contributed by atoms with E-state index >= 15 is 0 Å². The minimum Gasteiger partial charge on any atom is -0.334 e. The van der Waals surface area contributed by atoms with Crippen molar-refractivity contribution in [1.82, 2.24) is 9.97 Å². The highest BCUT2D eigenvalue weighted by molar-refractivity contribution is 14.1. The Kier molecular flexibility index (Phi) is 3.92. The number of aromatic nitrogens is 2. The van der Waals surface area contributed by atoms with E-state index in [1.165, 1.54) is 22.6 Å². The van der Waals surface area contributed by atoms with Crippen LogP contribution < -0.4 is 10.9 Å². The van der Waals surface area contributed by atoms with Crippen LogP contribution in [0, 0.1) is 32.7 Å². The Labute approximate surface area is 121 Å². The number of rotatable bonds is 2. The minimum absolute atomic E-state index is 0.103. The Morgan fingerprint density at radius 3 is 2.05 bits per heavy atom. The number of H-pyrrole nitrogens is 1. The number of hydrogen-bond donors (Lipinski definition) is 2. The van der Waals surface area contributed by atoms with Crippen molar-refractivity contribution in [3.8, 4) is 0 Å². The SMILES string of the molecule is O=c1[nH]cnc(Nc2c(F)c(F)c(F)c(F)c2F)c1I. The number of hydrogen-bond acceptors (Lipinski definition) is 3. The molecule has 2 aromatic rings. The Morgan fingerprint density at radius 2 is 1.50 bits per heavy atom. The number of nitrogens with zero attached hydrogens (tertiary/aromatic N) is 1. The first kappa shape index (κ1) is 14.7. The fraction of sp³-hybridized carbons (Fsp3) is 0. The molecular weight excluding hydrogens is 400 g/mol. The molecule has 0 saturated heterocycles. The van der Waals surface area contributed by atoms with Crippen LogP contribution in [0.2, 0.25) is 0 Å². The van der Waals surface area contributed by atoms with Crippen LogP contribution >= 0.6 is 22.6 Å². The molecule has 0 bridgehead atoms. The molecule has 2 rings (SSSR count). The van der Waals surface area contributed by atoms with Gasteiger partial charge < -0.3 is 10.3 Å². The summed E-state index contributed by atoms with van der Waals surface area (Å²) in [7, 11) is 0. The maximum atomic E-state index is 13.4. The zero-order valence-corrected chi connectivity index (χ0v) is 11.4. The van der Waals surface area contributed by atoms with Gasteiger partial charge >= 0.3 is 0 Å². The molecule has 0 aliphatic carbocycles. The van der Waals surface area contributed by atoms with Crippen LogP contribution in [0.1, 0.15) is 0 Å². The van der Waals surface area contributed by atoms with Gasteiger partial charge in [-0.15, -0.1) is 0 Å². The summed E-state index contributed by atoms with van der Waals surface area (Å²) in [5, 5.41) is 1.92. The summed E-state index contributed by atoms with van der Waals surface area (Å²) in [6.45, 7) is 0. The molecule has 1 aromatic carbocycles. The third kappa shape index (κ3) is 2.34. The standard InChI is InChI=1S/C10H3F5IN3O/c11-2-3(12)5(14)8(6(15)4(2)13)19-9-7(16)10(20)18-1-17-9/h1H,(H2,17,18,19,20). The summed E-state index contributed by atoms with van der Waals surface area (Å²) in [5.74, 6) is -10.9. The molecule has 0 radical (unpaired) electrons. The molecule has 1 heterocycles. The van der Waals surface area contributed by atoms with E-state index in [4.69, 9.17) is 0 Å². The summed E-state index contributed by atoms with van der Waals surface area (Å²) >= 11 is 1.50. The van der Waals surface area contributed by atoms with E-state index < -0.39 is 40.3 Å². The van der Waals surface area contributed by atoms with Gasteiger partial charge in [-0.25, -0.2) is 26.9 Å². The van der Waals surface area contributed by atoms with Crippen molar-refractivity contribution in [2.24, 2.45) is 0 Å². The first-order valence-electron chi connectivity index (χ1n) is 4.86. The second-order valence-electron chi connectivity index (χ2n) is 3.46. The van der Waals surface area contributed by atoms with E-state index in [0.29, 0.717) is 0 Å². The van der Waals surface area contributed by atoms with Gasteiger partial charge in [0.15, 0.2) is 29.1 Å². The van der Waals surface area contributed by atoms with E-state index in [1.54, 1.807) is 0 Å². The topological polar surface area (TPSA) is 57.8 Å². The van der Waals surface area contributed by atoms with Crippen LogP contribution in [0.3, 0.4) is 0 Å². The zero-order valence-electron chi connectivity index (χ0n) is 9.20. The largest absolute Gasteiger partial charge is 0.334 e. The third-order valence-corrected chi connectivity index (χ3v) is 3.25.